The van der Waals surface area contributed by atoms with Crippen LogP contribution >= 0.6 is 0 Å². The molecule has 228 valence electrons. The Morgan fingerprint density at radius 1 is 0.977 bits per heavy atom. The van der Waals surface area contributed by atoms with Gasteiger partial charge >= 0.3 is 11.9 Å². The number of ether oxygens (including phenoxy) is 5. The molecule has 14 atom stereocenters. The van der Waals surface area contributed by atoms with Gasteiger partial charge in [0, 0.05) is 23.3 Å². The highest BCUT2D eigenvalue weighted by atomic mass is 16.9. The molecule has 14 unspecified atom stereocenters. The molecule has 0 amide bonds. The molecule has 3 saturated heterocycles. The zero-order valence-corrected chi connectivity index (χ0v) is 24.7. The van der Waals surface area contributed by atoms with Crippen molar-refractivity contribution in [1.29, 1.82) is 0 Å². The van der Waals surface area contributed by atoms with Gasteiger partial charge in [-0.05, 0) is 43.9 Å². The smallest absolute Gasteiger partial charge is 0.338 e. The molecule has 8 rings (SSSR count). The summed E-state index contributed by atoms with van der Waals surface area (Å²) in [5, 5.41) is 35.9. The highest BCUT2D eigenvalue weighted by Crippen LogP contribution is 2.75. The summed E-state index contributed by atoms with van der Waals surface area (Å²) in [6, 6.07) is 18.0. The number of epoxide rings is 1. The van der Waals surface area contributed by atoms with E-state index in [1.165, 1.54) is 0 Å². The molecule has 3 saturated carbocycles. The molecule has 2 aromatic rings. The molecule has 6 fully saturated rings. The number of aliphatic hydroxyl groups is 3. The highest BCUT2D eigenvalue weighted by Gasteiger charge is 2.90. The van der Waals surface area contributed by atoms with Crippen LogP contribution in [0.3, 0.4) is 0 Å². The van der Waals surface area contributed by atoms with E-state index in [0.717, 1.165) is 0 Å². The van der Waals surface area contributed by atoms with Gasteiger partial charge in [-0.2, -0.15) is 0 Å². The molecule has 9 nitrogen and oxygen atoms in total. The summed E-state index contributed by atoms with van der Waals surface area (Å²) in [5.74, 6) is -4.57. The summed E-state index contributed by atoms with van der Waals surface area (Å²) in [6.07, 6.45) is -4.61. The van der Waals surface area contributed by atoms with Crippen molar-refractivity contribution >= 4 is 5.97 Å². The summed E-state index contributed by atoms with van der Waals surface area (Å²) in [4.78, 5) is 13.7. The van der Waals surface area contributed by atoms with Crippen LogP contribution in [0.1, 0.15) is 50.0 Å². The number of rotatable bonds is 4. The zero-order chi connectivity index (χ0) is 30.3. The summed E-state index contributed by atoms with van der Waals surface area (Å²) in [7, 11) is 0. The monoisotopic (exact) mass is 590 g/mol. The van der Waals surface area contributed by atoms with Crippen molar-refractivity contribution in [3.63, 3.8) is 0 Å². The van der Waals surface area contributed by atoms with Gasteiger partial charge in [0.05, 0.1) is 23.4 Å². The summed E-state index contributed by atoms with van der Waals surface area (Å²) >= 11 is 0. The summed E-state index contributed by atoms with van der Waals surface area (Å²) in [5.41, 5.74) is -4.23. The molecule has 0 radical (unpaired) electrons. The molecule has 43 heavy (non-hydrogen) atoms. The second-order valence-corrected chi connectivity index (χ2v) is 13.8. The molecular formula is C34H38O9. The first-order valence-corrected chi connectivity index (χ1v) is 15.2. The SMILES string of the molecule is C=C(C)C12OC3(c4ccccc4)OC1C1C4OC4(C)C(O)C4(O)C(O)C(C)CC4C1(O3)C(C)C2OC(=O)c1ccccc1. The minimum absolute atomic E-state index is 0.357. The average molecular weight is 591 g/mol. The highest BCUT2D eigenvalue weighted by molar-refractivity contribution is 5.89. The first-order valence-electron chi connectivity index (χ1n) is 15.2. The molecular weight excluding hydrogens is 552 g/mol. The van der Waals surface area contributed by atoms with E-state index in [0.29, 0.717) is 23.1 Å². The number of hydrogen-bond donors (Lipinski definition) is 3. The molecule has 0 spiro atoms. The Morgan fingerprint density at radius 2 is 1.63 bits per heavy atom. The second-order valence-electron chi connectivity index (χ2n) is 13.8. The maximum Gasteiger partial charge on any atom is 0.338 e. The van der Waals surface area contributed by atoms with Gasteiger partial charge in [-0.1, -0.05) is 69.0 Å². The summed E-state index contributed by atoms with van der Waals surface area (Å²) in [6.45, 7) is 11.8. The van der Waals surface area contributed by atoms with E-state index in [1.54, 1.807) is 31.2 Å². The van der Waals surface area contributed by atoms with E-state index in [1.807, 2.05) is 57.2 Å². The van der Waals surface area contributed by atoms with E-state index in [9.17, 15) is 20.1 Å². The first-order chi connectivity index (χ1) is 20.4. The van der Waals surface area contributed by atoms with Gasteiger partial charge in [-0.3, -0.25) is 0 Å². The second kappa shape index (κ2) is 8.54. The number of hydrogen-bond acceptors (Lipinski definition) is 9. The molecule has 3 aliphatic heterocycles. The maximum absolute atomic E-state index is 13.7. The van der Waals surface area contributed by atoms with Crippen LogP contribution in [0.4, 0.5) is 0 Å². The van der Waals surface area contributed by atoms with Crippen LogP contribution in [0.5, 0.6) is 0 Å². The normalized spacial score (nSPS) is 52.0. The summed E-state index contributed by atoms with van der Waals surface area (Å²) < 4.78 is 33.9. The van der Waals surface area contributed by atoms with Crippen molar-refractivity contribution in [2.45, 2.75) is 93.0 Å². The Morgan fingerprint density at radius 3 is 2.28 bits per heavy atom. The van der Waals surface area contributed by atoms with Gasteiger partial charge in [-0.15, -0.1) is 0 Å². The van der Waals surface area contributed by atoms with Gasteiger partial charge in [0.1, 0.15) is 29.5 Å². The number of carbonyl (C=O) groups excluding carboxylic acids is 1. The van der Waals surface area contributed by atoms with Crippen LogP contribution < -0.4 is 0 Å². The van der Waals surface area contributed by atoms with Crippen molar-refractivity contribution in [2.75, 3.05) is 0 Å². The third kappa shape index (κ3) is 3.09. The lowest BCUT2D eigenvalue weighted by Gasteiger charge is -2.62. The molecule has 6 aliphatic rings. The number of benzene rings is 2. The van der Waals surface area contributed by atoms with Gasteiger partial charge in [0.2, 0.25) is 0 Å². The lowest BCUT2D eigenvalue weighted by atomic mass is 9.52. The minimum atomic E-state index is -1.97. The van der Waals surface area contributed by atoms with E-state index >= 15 is 0 Å². The van der Waals surface area contributed by atoms with Crippen molar-refractivity contribution in [3.05, 3.63) is 83.9 Å². The van der Waals surface area contributed by atoms with Crippen LogP contribution in [0, 0.1) is 23.7 Å². The Balaban J connectivity index is 1.39. The number of aliphatic hydroxyl groups excluding tert-OH is 2. The van der Waals surface area contributed by atoms with Crippen LogP contribution in [0.25, 0.3) is 0 Å². The molecule has 0 aromatic heterocycles. The zero-order valence-electron chi connectivity index (χ0n) is 24.7. The van der Waals surface area contributed by atoms with E-state index < -0.39 is 82.6 Å². The fourth-order valence-corrected chi connectivity index (χ4v) is 9.67. The van der Waals surface area contributed by atoms with Gasteiger partial charge < -0.3 is 39.0 Å². The molecule has 9 heteroatoms. The van der Waals surface area contributed by atoms with Gasteiger partial charge in [-0.25, -0.2) is 4.79 Å². The predicted molar refractivity (Wildman–Crippen MR) is 151 cm³/mol. The Hall–Kier alpha value is -2.63. The third-order valence-electron chi connectivity index (χ3n) is 11.7. The van der Waals surface area contributed by atoms with Crippen LogP contribution in [-0.2, 0) is 29.7 Å². The van der Waals surface area contributed by atoms with Gasteiger partial charge in [0.15, 0.2) is 5.60 Å². The van der Waals surface area contributed by atoms with Crippen molar-refractivity contribution in [2.24, 2.45) is 23.7 Å². The Bertz CT molecular complexity index is 1500. The van der Waals surface area contributed by atoms with E-state index in [2.05, 4.69) is 6.58 Å². The van der Waals surface area contributed by atoms with Crippen molar-refractivity contribution in [1.82, 2.24) is 0 Å². The van der Waals surface area contributed by atoms with Crippen molar-refractivity contribution in [3.8, 4) is 0 Å². The average Bonchev–Trinajstić information content (AvgIpc) is 3.55. The fraction of sp³-hybridized carbons (Fsp3) is 0.559. The van der Waals surface area contributed by atoms with Crippen LogP contribution in [0.15, 0.2) is 72.8 Å². The molecule has 2 aromatic carbocycles. The molecule has 3 N–H and O–H groups in total. The number of fused-ring (bicyclic) bond motifs is 3. The van der Waals surface area contributed by atoms with Crippen LogP contribution in [0.2, 0.25) is 0 Å². The topological polar surface area (TPSA) is 127 Å². The predicted octanol–water partition coefficient (Wildman–Crippen LogP) is 3.07. The Labute approximate surface area is 250 Å². The first kappa shape index (κ1) is 27.9. The number of esters is 1. The van der Waals surface area contributed by atoms with E-state index in [-0.39, 0.29) is 5.92 Å². The molecule has 3 aliphatic carbocycles. The Kier molecular flexibility index (Phi) is 5.54. The molecule has 3 bridgehead atoms. The maximum atomic E-state index is 13.7. The quantitative estimate of drug-likeness (QED) is 0.280. The lowest BCUT2D eigenvalue weighted by Crippen LogP contribution is -2.76. The minimum Gasteiger partial charge on any atom is -0.455 e. The largest absolute Gasteiger partial charge is 0.455 e. The fourth-order valence-electron chi connectivity index (χ4n) is 9.67. The molecule has 3 heterocycles. The van der Waals surface area contributed by atoms with E-state index in [4.69, 9.17) is 23.7 Å². The van der Waals surface area contributed by atoms with Gasteiger partial charge in [0.25, 0.3) is 0 Å². The number of carbonyl (C=O) groups is 1. The van der Waals surface area contributed by atoms with Crippen LogP contribution in [-0.4, -0.2) is 74.2 Å². The standard InChI is InChI=1S/C34H38O9/c1-17(2)32-25(39-28(36)20-12-8-6-9-13-20)19(4)33-22-16-18(3)24(35)31(22,38)29(37)30(5)26(40-30)23(33)27(32)41-34(42-32,43-33)21-14-10-7-11-15-21/h6-15,18-19,22-27,29,35,37-38H,1,16H2,2-5H3. The van der Waals surface area contributed by atoms with Crippen molar-refractivity contribution < 1.29 is 43.8 Å². The third-order valence-corrected chi connectivity index (χ3v) is 11.7. The lowest BCUT2D eigenvalue weighted by molar-refractivity contribution is -0.444.